The summed E-state index contributed by atoms with van der Waals surface area (Å²) in [6, 6.07) is 11.4. The molecule has 2 aromatic carbocycles. The second-order valence-electron chi connectivity index (χ2n) is 9.53. The number of aliphatic carboxylic acids is 1. The molecule has 2 aromatic rings. The third-order valence-corrected chi connectivity index (χ3v) is 9.15. The molecule has 2 saturated heterocycles. The molecule has 3 heterocycles. The Labute approximate surface area is 299 Å². The monoisotopic (exact) mass is 639 g/mol. The molecule has 11 nitrogen and oxygen atoms in total. The van der Waals surface area contributed by atoms with E-state index in [4.69, 9.17) is 0 Å². The van der Waals surface area contributed by atoms with Gasteiger partial charge in [-0.2, -0.15) is 0 Å². The fraction of sp³-hybridized carbons (Fsp3) is 0.250. The van der Waals surface area contributed by atoms with Crippen molar-refractivity contribution in [2.24, 2.45) is 0 Å². The molecular weight excluding hydrogens is 616 g/mol. The number of carbonyl (C=O) groups is 5. The molecule has 5 rings (SSSR count). The van der Waals surface area contributed by atoms with Crippen LogP contribution in [0.2, 0.25) is 0 Å². The molecule has 2 atom stereocenters. The second kappa shape index (κ2) is 15.2. The second-order valence-corrected chi connectivity index (χ2v) is 11.7. The minimum absolute atomic E-state index is 0. The maximum Gasteiger partial charge on any atom is 1.00 e. The zero-order valence-corrected chi connectivity index (χ0v) is 29.0. The SMILES string of the molecule is O=C(CSc1ccc(C(=O)[O-])cc1)N[C@@H]1C(=O)N2C(C(=O)[O-])=C(/C=C3\CCN(Cc4ccc(O)cc4)C3=O)CS[C@H]12.[Na+].[Na+]. The summed E-state index contributed by atoms with van der Waals surface area (Å²) >= 11 is 2.44. The Morgan fingerprint density at radius 1 is 1.02 bits per heavy atom. The zero-order chi connectivity index (χ0) is 29.3. The number of nitrogens with one attached hydrogen (secondary N) is 1. The van der Waals surface area contributed by atoms with Crippen LogP contribution >= 0.6 is 23.5 Å². The number of hydrogen-bond acceptors (Lipinski definition) is 10. The molecule has 212 valence electrons. The van der Waals surface area contributed by atoms with Crippen molar-refractivity contribution in [1.82, 2.24) is 15.1 Å². The van der Waals surface area contributed by atoms with Crippen LogP contribution in [0.1, 0.15) is 22.3 Å². The van der Waals surface area contributed by atoms with E-state index in [1.54, 1.807) is 29.2 Å². The Bertz CT molecular complexity index is 1500. The van der Waals surface area contributed by atoms with Crippen LogP contribution in [0.3, 0.4) is 0 Å². The van der Waals surface area contributed by atoms with Gasteiger partial charge in [-0.1, -0.05) is 24.3 Å². The maximum absolute atomic E-state index is 13.0. The number of hydrogen-bond donors (Lipinski definition) is 2. The summed E-state index contributed by atoms with van der Waals surface area (Å²) in [5, 5.41) is 34.4. The number of carbonyl (C=O) groups excluding carboxylic acids is 5. The van der Waals surface area contributed by atoms with E-state index < -0.39 is 35.2 Å². The van der Waals surface area contributed by atoms with Crippen LogP contribution in [0, 0.1) is 0 Å². The van der Waals surface area contributed by atoms with Gasteiger partial charge in [-0.05, 0) is 53.5 Å². The van der Waals surface area contributed by atoms with Gasteiger partial charge in [0.15, 0.2) is 0 Å². The molecule has 0 spiro atoms. The van der Waals surface area contributed by atoms with Crippen molar-refractivity contribution in [1.29, 1.82) is 0 Å². The van der Waals surface area contributed by atoms with E-state index in [2.05, 4.69) is 5.32 Å². The van der Waals surface area contributed by atoms with Crippen molar-refractivity contribution in [3.8, 4) is 5.75 Å². The van der Waals surface area contributed by atoms with Gasteiger partial charge in [0, 0.05) is 29.3 Å². The Kier molecular flexibility index (Phi) is 12.4. The average Bonchev–Trinajstić information content (AvgIpc) is 3.29. The Hall–Kier alpha value is -2.23. The van der Waals surface area contributed by atoms with Gasteiger partial charge in [-0.15, -0.1) is 23.5 Å². The summed E-state index contributed by atoms with van der Waals surface area (Å²) in [7, 11) is 0. The van der Waals surface area contributed by atoms with Crippen LogP contribution in [-0.2, 0) is 25.7 Å². The summed E-state index contributed by atoms with van der Waals surface area (Å²) < 4.78 is 0. The first kappa shape index (κ1) is 35.3. The number of benzene rings is 2. The van der Waals surface area contributed by atoms with E-state index >= 15 is 0 Å². The molecule has 0 aliphatic carbocycles. The van der Waals surface area contributed by atoms with Gasteiger partial charge in [-0.3, -0.25) is 19.3 Å². The van der Waals surface area contributed by atoms with E-state index in [1.165, 1.54) is 42.1 Å². The number of aromatic hydroxyl groups is 1. The van der Waals surface area contributed by atoms with Gasteiger partial charge in [0.25, 0.3) is 5.91 Å². The Morgan fingerprint density at radius 2 is 1.70 bits per heavy atom. The number of allylic oxidation sites excluding steroid dienone is 1. The predicted molar refractivity (Wildman–Crippen MR) is 145 cm³/mol. The predicted octanol–water partition coefficient (Wildman–Crippen LogP) is -6.38. The molecular formula is C28H23N3Na2O8S2. The molecule has 3 aliphatic rings. The smallest absolute Gasteiger partial charge is 0.545 e. The molecule has 0 aromatic heterocycles. The van der Waals surface area contributed by atoms with E-state index in [0.29, 0.717) is 35.6 Å². The first-order valence-corrected chi connectivity index (χ1v) is 14.6. The number of likely N-dealkylation sites (tertiary alicyclic amines) is 1. The molecule has 0 saturated carbocycles. The number of β-lactam (4-membered cyclic amide) rings is 1. The zero-order valence-electron chi connectivity index (χ0n) is 23.4. The van der Waals surface area contributed by atoms with E-state index in [9.17, 15) is 39.3 Å². The van der Waals surface area contributed by atoms with Gasteiger partial charge in [0.05, 0.1) is 23.4 Å². The number of thioether (sulfide) groups is 2. The topological polar surface area (TPSA) is 170 Å². The third-order valence-electron chi connectivity index (χ3n) is 6.84. The number of carboxylic acid groups (broad SMARTS) is 2. The molecule has 2 N–H and O–H groups in total. The fourth-order valence-electron chi connectivity index (χ4n) is 4.78. The van der Waals surface area contributed by atoms with Crippen LogP contribution in [0.25, 0.3) is 0 Å². The van der Waals surface area contributed by atoms with Crippen molar-refractivity contribution in [2.75, 3.05) is 18.1 Å². The van der Waals surface area contributed by atoms with Crippen molar-refractivity contribution in [3.05, 3.63) is 82.6 Å². The number of rotatable bonds is 9. The normalized spacial score (nSPS) is 20.1. The fourth-order valence-corrected chi connectivity index (χ4v) is 6.79. The summed E-state index contributed by atoms with van der Waals surface area (Å²) in [5.41, 5.74) is 1.29. The molecule has 3 amide bonds. The minimum atomic E-state index is -1.54. The first-order valence-electron chi connectivity index (χ1n) is 12.5. The average molecular weight is 640 g/mol. The summed E-state index contributed by atoms with van der Waals surface area (Å²) in [4.78, 5) is 64.8. The van der Waals surface area contributed by atoms with Gasteiger partial charge in [0.2, 0.25) is 11.8 Å². The molecule has 0 unspecified atom stereocenters. The molecule has 0 radical (unpaired) electrons. The first-order chi connectivity index (χ1) is 19.6. The van der Waals surface area contributed by atoms with Gasteiger partial charge >= 0.3 is 59.1 Å². The number of carboxylic acids is 2. The van der Waals surface area contributed by atoms with Crippen molar-refractivity contribution >= 4 is 53.2 Å². The van der Waals surface area contributed by atoms with Crippen LogP contribution in [0.15, 0.2) is 76.3 Å². The number of amides is 3. The summed E-state index contributed by atoms with van der Waals surface area (Å²) in [6.07, 6.45) is 1.93. The maximum atomic E-state index is 13.0. The quantitative estimate of drug-likeness (QED) is 0.117. The van der Waals surface area contributed by atoms with Crippen LogP contribution in [0.5, 0.6) is 5.75 Å². The van der Waals surface area contributed by atoms with Crippen molar-refractivity contribution < 1.29 is 98.4 Å². The number of phenolic OH excluding ortho intramolecular Hbond substituents is 1. The van der Waals surface area contributed by atoms with Gasteiger partial charge < -0.3 is 35.1 Å². The standard InChI is InChI=1S/C28H25N3O8S2.2Na/c32-19-5-1-15(2-6-19)12-30-10-9-17(24(30)34)11-18-13-41-26-22(25(35)31(26)23(18)28(38)39)29-21(33)14-40-20-7-3-16(4-8-20)27(36)37;;/h1-8,11,22,26,32H,9-10,12-14H2,(H,29,33)(H,36,37)(H,38,39);;/q;2*+1/p-2/b17-11+;;/t22-,26-;;/m1../s1. The molecule has 0 bridgehead atoms. The number of nitrogens with zero attached hydrogens (tertiary/aromatic N) is 2. The molecule has 2 fully saturated rings. The number of aromatic carboxylic acids is 1. The number of phenols is 1. The van der Waals surface area contributed by atoms with Gasteiger partial charge in [0.1, 0.15) is 17.2 Å². The minimum Gasteiger partial charge on any atom is -0.545 e. The molecule has 15 heteroatoms. The van der Waals surface area contributed by atoms with Crippen LogP contribution in [-0.4, -0.2) is 74.0 Å². The van der Waals surface area contributed by atoms with Crippen LogP contribution < -0.4 is 74.6 Å². The summed E-state index contributed by atoms with van der Waals surface area (Å²) in [6.45, 7) is 0.792. The number of fused-ring (bicyclic) bond motifs is 1. The third kappa shape index (κ3) is 7.90. The van der Waals surface area contributed by atoms with Gasteiger partial charge in [-0.25, -0.2) is 0 Å². The largest absolute Gasteiger partial charge is 1.00 e. The molecule has 43 heavy (non-hydrogen) atoms. The molecule has 3 aliphatic heterocycles. The Morgan fingerprint density at radius 3 is 2.33 bits per heavy atom. The van der Waals surface area contributed by atoms with E-state index in [-0.39, 0.29) is 93.5 Å². The van der Waals surface area contributed by atoms with E-state index in [1.807, 2.05) is 0 Å². The van der Waals surface area contributed by atoms with Crippen molar-refractivity contribution in [3.63, 3.8) is 0 Å². The Balaban J connectivity index is 0.00000253. The summed E-state index contributed by atoms with van der Waals surface area (Å²) in [5.74, 6) is -3.79. The van der Waals surface area contributed by atoms with E-state index in [0.717, 1.165) is 22.2 Å². The van der Waals surface area contributed by atoms with Crippen molar-refractivity contribution in [2.45, 2.75) is 29.3 Å². The van der Waals surface area contributed by atoms with Crippen LogP contribution in [0.4, 0.5) is 0 Å².